The number of aliphatic hydroxyl groups excluding tert-OH is 1. The van der Waals surface area contributed by atoms with Crippen molar-refractivity contribution >= 4 is 0 Å². The number of benzene rings is 1. The molecule has 0 radical (unpaired) electrons. The molecule has 2 rings (SSSR count). The standard InChI is InChI=1S/C13H18O2/c1-8(2)13(14)10-4-5-12-11(7-10)6-9(3)15-12/h4-5,7-9,13-14H,6H2,1-3H3. The fourth-order valence-corrected chi connectivity index (χ4v) is 2.01. The summed E-state index contributed by atoms with van der Waals surface area (Å²) >= 11 is 0. The number of hydrogen-bond acceptors (Lipinski definition) is 2. The van der Waals surface area contributed by atoms with Gasteiger partial charge in [-0.15, -0.1) is 0 Å². The molecule has 2 nitrogen and oxygen atoms in total. The molecule has 1 aliphatic heterocycles. The third-order valence-electron chi connectivity index (χ3n) is 2.89. The van der Waals surface area contributed by atoms with Crippen LogP contribution in [0.2, 0.25) is 0 Å². The second-order valence-corrected chi connectivity index (χ2v) is 4.69. The highest BCUT2D eigenvalue weighted by atomic mass is 16.5. The van der Waals surface area contributed by atoms with Gasteiger partial charge in [0.05, 0.1) is 6.10 Å². The van der Waals surface area contributed by atoms with E-state index in [-0.39, 0.29) is 18.1 Å². The summed E-state index contributed by atoms with van der Waals surface area (Å²) < 4.78 is 5.62. The van der Waals surface area contributed by atoms with Crippen molar-refractivity contribution in [3.05, 3.63) is 29.3 Å². The summed E-state index contributed by atoms with van der Waals surface area (Å²) in [6, 6.07) is 6.00. The summed E-state index contributed by atoms with van der Waals surface area (Å²) in [5, 5.41) is 9.95. The van der Waals surface area contributed by atoms with E-state index in [2.05, 4.69) is 13.0 Å². The summed E-state index contributed by atoms with van der Waals surface area (Å²) in [6.45, 7) is 6.12. The Labute approximate surface area is 90.9 Å². The summed E-state index contributed by atoms with van der Waals surface area (Å²) in [5.74, 6) is 1.23. The molecule has 1 aromatic carbocycles. The molecule has 1 aromatic rings. The van der Waals surface area contributed by atoms with Gasteiger partial charge in [0, 0.05) is 6.42 Å². The molecule has 1 heterocycles. The van der Waals surface area contributed by atoms with E-state index in [0.29, 0.717) is 0 Å². The van der Waals surface area contributed by atoms with Crippen molar-refractivity contribution in [3.63, 3.8) is 0 Å². The number of hydrogen-bond donors (Lipinski definition) is 1. The number of aliphatic hydroxyl groups is 1. The molecule has 0 aliphatic carbocycles. The van der Waals surface area contributed by atoms with Crippen LogP contribution in [-0.4, -0.2) is 11.2 Å². The average Bonchev–Trinajstić information content (AvgIpc) is 2.55. The maximum Gasteiger partial charge on any atom is 0.123 e. The van der Waals surface area contributed by atoms with Gasteiger partial charge in [0.15, 0.2) is 0 Å². The van der Waals surface area contributed by atoms with Gasteiger partial charge < -0.3 is 9.84 Å². The van der Waals surface area contributed by atoms with Crippen LogP contribution in [0, 0.1) is 5.92 Å². The van der Waals surface area contributed by atoms with E-state index in [4.69, 9.17) is 4.74 Å². The lowest BCUT2D eigenvalue weighted by molar-refractivity contribution is 0.127. The quantitative estimate of drug-likeness (QED) is 0.806. The van der Waals surface area contributed by atoms with Crippen LogP contribution in [0.3, 0.4) is 0 Å². The van der Waals surface area contributed by atoms with E-state index in [1.54, 1.807) is 0 Å². The first kappa shape index (κ1) is 10.5. The van der Waals surface area contributed by atoms with Crippen molar-refractivity contribution in [1.82, 2.24) is 0 Å². The average molecular weight is 206 g/mol. The van der Waals surface area contributed by atoms with Gasteiger partial charge >= 0.3 is 0 Å². The molecule has 1 aliphatic rings. The van der Waals surface area contributed by atoms with Crippen LogP contribution < -0.4 is 4.74 Å². The van der Waals surface area contributed by atoms with Crippen LogP contribution in [-0.2, 0) is 6.42 Å². The summed E-state index contributed by atoms with van der Waals surface area (Å²) in [6.07, 6.45) is 0.853. The van der Waals surface area contributed by atoms with E-state index < -0.39 is 0 Å². The molecular weight excluding hydrogens is 188 g/mol. The van der Waals surface area contributed by atoms with Crippen LogP contribution in [0.1, 0.15) is 38.0 Å². The molecule has 0 spiro atoms. The van der Waals surface area contributed by atoms with Gasteiger partial charge in [0.2, 0.25) is 0 Å². The monoisotopic (exact) mass is 206 g/mol. The highest BCUT2D eigenvalue weighted by molar-refractivity contribution is 5.41. The van der Waals surface area contributed by atoms with Crippen LogP contribution in [0.25, 0.3) is 0 Å². The number of ether oxygens (including phenoxy) is 1. The van der Waals surface area contributed by atoms with Crippen LogP contribution >= 0.6 is 0 Å². The molecule has 1 N–H and O–H groups in total. The van der Waals surface area contributed by atoms with E-state index >= 15 is 0 Å². The van der Waals surface area contributed by atoms with Gasteiger partial charge in [0.25, 0.3) is 0 Å². The number of fused-ring (bicyclic) bond motifs is 1. The highest BCUT2D eigenvalue weighted by Gasteiger charge is 2.21. The Morgan fingerprint density at radius 1 is 1.40 bits per heavy atom. The zero-order valence-corrected chi connectivity index (χ0v) is 9.53. The minimum absolute atomic E-state index is 0.253. The van der Waals surface area contributed by atoms with E-state index in [9.17, 15) is 5.11 Å². The molecule has 0 bridgehead atoms. The second kappa shape index (κ2) is 3.86. The molecule has 15 heavy (non-hydrogen) atoms. The Balaban J connectivity index is 2.27. The Bertz CT molecular complexity index is 358. The van der Waals surface area contributed by atoms with Gasteiger partial charge in [-0.1, -0.05) is 19.9 Å². The number of rotatable bonds is 2. The first-order chi connectivity index (χ1) is 7.08. The van der Waals surface area contributed by atoms with Gasteiger partial charge in [-0.2, -0.15) is 0 Å². The molecule has 82 valence electrons. The van der Waals surface area contributed by atoms with E-state index in [1.165, 1.54) is 5.56 Å². The van der Waals surface area contributed by atoms with Gasteiger partial charge in [-0.3, -0.25) is 0 Å². The maximum absolute atomic E-state index is 9.95. The molecule has 0 fully saturated rings. The predicted molar refractivity (Wildman–Crippen MR) is 60.0 cm³/mol. The normalized spacial score (nSPS) is 21.3. The minimum Gasteiger partial charge on any atom is -0.490 e. The molecule has 0 aromatic heterocycles. The first-order valence-electron chi connectivity index (χ1n) is 5.55. The SMILES string of the molecule is CC1Cc2cc(C(O)C(C)C)ccc2O1. The molecule has 0 amide bonds. The van der Waals surface area contributed by atoms with Gasteiger partial charge in [0.1, 0.15) is 11.9 Å². The summed E-state index contributed by atoms with van der Waals surface area (Å²) in [5.41, 5.74) is 2.22. The lowest BCUT2D eigenvalue weighted by Crippen LogP contribution is -2.05. The Morgan fingerprint density at radius 3 is 2.80 bits per heavy atom. The first-order valence-corrected chi connectivity index (χ1v) is 5.55. The fraction of sp³-hybridized carbons (Fsp3) is 0.538. The molecular formula is C13H18O2. The van der Waals surface area contributed by atoms with Gasteiger partial charge in [-0.05, 0) is 36.1 Å². The molecule has 2 unspecified atom stereocenters. The van der Waals surface area contributed by atoms with E-state index in [0.717, 1.165) is 17.7 Å². The largest absolute Gasteiger partial charge is 0.490 e. The highest BCUT2D eigenvalue weighted by Crippen LogP contribution is 2.32. The predicted octanol–water partition coefficient (Wildman–Crippen LogP) is 2.70. The molecule has 0 saturated carbocycles. The lowest BCUT2D eigenvalue weighted by Gasteiger charge is -2.15. The van der Waals surface area contributed by atoms with Crippen molar-refractivity contribution < 1.29 is 9.84 Å². The second-order valence-electron chi connectivity index (χ2n) is 4.69. The zero-order chi connectivity index (χ0) is 11.0. The Kier molecular flexibility index (Phi) is 2.70. The van der Waals surface area contributed by atoms with Crippen molar-refractivity contribution in [2.75, 3.05) is 0 Å². The molecule has 0 saturated heterocycles. The molecule has 2 atom stereocenters. The Hall–Kier alpha value is -1.02. The van der Waals surface area contributed by atoms with E-state index in [1.807, 2.05) is 26.0 Å². The van der Waals surface area contributed by atoms with Crippen LogP contribution in [0.4, 0.5) is 0 Å². The smallest absolute Gasteiger partial charge is 0.123 e. The van der Waals surface area contributed by atoms with Crippen molar-refractivity contribution in [2.45, 2.75) is 39.4 Å². The molecule has 2 heteroatoms. The summed E-state index contributed by atoms with van der Waals surface area (Å²) in [4.78, 5) is 0. The van der Waals surface area contributed by atoms with Gasteiger partial charge in [-0.25, -0.2) is 0 Å². The topological polar surface area (TPSA) is 29.5 Å². The maximum atomic E-state index is 9.95. The zero-order valence-electron chi connectivity index (χ0n) is 9.53. The lowest BCUT2D eigenvalue weighted by atomic mass is 9.96. The Morgan fingerprint density at radius 2 is 2.13 bits per heavy atom. The minimum atomic E-state index is -0.369. The third kappa shape index (κ3) is 2.00. The van der Waals surface area contributed by atoms with Crippen molar-refractivity contribution in [2.24, 2.45) is 5.92 Å². The third-order valence-corrected chi connectivity index (χ3v) is 2.89. The van der Waals surface area contributed by atoms with Crippen LogP contribution in [0.5, 0.6) is 5.75 Å². The van der Waals surface area contributed by atoms with Crippen molar-refractivity contribution in [1.29, 1.82) is 0 Å². The van der Waals surface area contributed by atoms with Crippen molar-refractivity contribution in [3.8, 4) is 5.75 Å². The van der Waals surface area contributed by atoms with Crippen LogP contribution in [0.15, 0.2) is 18.2 Å². The summed E-state index contributed by atoms with van der Waals surface area (Å²) in [7, 11) is 0. The fourth-order valence-electron chi connectivity index (χ4n) is 2.01.